The number of hydrogen-bond donors (Lipinski definition) is 0. The highest BCUT2D eigenvalue weighted by Gasteiger charge is 2.29. The molecule has 3 nitrogen and oxygen atoms in total. The van der Waals surface area contributed by atoms with Gasteiger partial charge in [-0.3, -0.25) is 0 Å². The molecule has 1 aliphatic carbocycles. The van der Waals surface area contributed by atoms with Crippen LogP contribution in [0.3, 0.4) is 0 Å². The molecule has 0 aliphatic heterocycles. The number of aromatic nitrogens is 3. The molecule has 102 valence electrons. The Kier molecular flexibility index (Phi) is 3.25. The van der Waals surface area contributed by atoms with Crippen molar-refractivity contribution in [1.82, 2.24) is 14.5 Å². The van der Waals surface area contributed by atoms with E-state index in [1.807, 2.05) is 18.3 Å². The third-order valence-electron chi connectivity index (χ3n) is 4.32. The van der Waals surface area contributed by atoms with Crippen molar-refractivity contribution in [3.05, 3.63) is 24.2 Å². The number of rotatable bonds is 2. The second-order valence-electron chi connectivity index (χ2n) is 6.27. The molecule has 0 aromatic carbocycles. The van der Waals surface area contributed by atoms with Crippen LogP contribution < -0.4 is 0 Å². The van der Waals surface area contributed by atoms with Gasteiger partial charge in [-0.1, -0.05) is 13.8 Å². The van der Waals surface area contributed by atoms with Crippen molar-refractivity contribution in [1.29, 1.82) is 0 Å². The molecule has 0 saturated heterocycles. The maximum atomic E-state index is 6.07. The van der Waals surface area contributed by atoms with Gasteiger partial charge in [0.2, 0.25) is 0 Å². The molecule has 0 spiro atoms. The lowest BCUT2D eigenvalue weighted by molar-refractivity contribution is 0.194. The predicted octanol–water partition coefficient (Wildman–Crippen LogP) is 4.31. The second kappa shape index (κ2) is 4.78. The number of alkyl halides is 1. The second-order valence-corrected chi connectivity index (χ2v) is 6.54. The van der Waals surface area contributed by atoms with Gasteiger partial charge in [0.25, 0.3) is 0 Å². The van der Waals surface area contributed by atoms with E-state index in [1.54, 1.807) is 0 Å². The Bertz CT molecular complexity index is 578. The summed E-state index contributed by atoms with van der Waals surface area (Å²) in [5.74, 6) is 1.41. The topological polar surface area (TPSA) is 30.7 Å². The molecule has 1 saturated carbocycles. The molecule has 2 heterocycles. The molecule has 0 amide bonds. The molecule has 0 unspecified atom stereocenters. The van der Waals surface area contributed by atoms with E-state index in [4.69, 9.17) is 11.6 Å². The smallest absolute Gasteiger partial charge is 0.160 e. The number of nitrogens with zero attached hydrogens (tertiary/aromatic N) is 3. The first kappa shape index (κ1) is 12.9. The summed E-state index contributed by atoms with van der Waals surface area (Å²) in [6, 6.07) is 4.45. The minimum Gasteiger partial charge on any atom is -0.309 e. The molecule has 19 heavy (non-hydrogen) atoms. The van der Waals surface area contributed by atoms with E-state index < -0.39 is 0 Å². The summed E-state index contributed by atoms with van der Waals surface area (Å²) in [5, 5.41) is 0. The molecule has 1 fully saturated rings. The van der Waals surface area contributed by atoms with E-state index in [1.165, 1.54) is 25.7 Å². The lowest BCUT2D eigenvalue weighted by atomic mass is 9.75. The molecule has 0 N–H and O–H groups in total. The highest BCUT2D eigenvalue weighted by atomic mass is 35.5. The summed E-state index contributed by atoms with van der Waals surface area (Å²) in [4.78, 5) is 9.11. The third kappa shape index (κ3) is 2.36. The Morgan fingerprint density at radius 1 is 1.37 bits per heavy atom. The van der Waals surface area contributed by atoms with Gasteiger partial charge in [0.15, 0.2) is 5.65 Å². The van der Waals surface area contributed by atoms with Crippen LogP contribution >= 0.6 is 11.6 Å². The van der Waals surface area contributed by atoms with Crippen LogP contribution in [0, 0.1) is 5.41 Å². The fourth-order valence-electron chi connectivity index (χ4n) is 3.10. The van der Waals surface area contributed by atoms with Gasteiger partial charge < -0.3 is 4.57 Å². The molecule has 2 aromatic heterocycles. The quantitative estimate of drug-likeness (QED) is 0.766. The highest BCUT2D eigenvalue weighted by molar-refractivity contribution is 6.16. The summed E-state index contributed by atoms with van der Waals surface area (Å²) < 4.78 is 2.28. The standard InChI is InChI=1S/C15H20ClN3/c1-15(2)7-5-11(6-8-15)19-13(10-16)18-12-4-3-9-17-14(12)19/h3-4,9,11H,5-8,10H2,1-2H3. The monoisotopic (exact) mass is 277 g/mol. The van der Waals surface area contributed by atoms with E-state index in [0.717, 1.165) is 17.0 Å². The molecule has 4 heteroatoms. The van der Waals surface area contributed by atoms with Crippen LogP contribution in [-0.4, -0.2) is 14.5 Å². The summed E-state index contributed by atoms with van der Waals surface area (Å²) in [6.07, 6.45) is 6.74. The van der Waals surface area contributed by atoms with Gasteiger partial charge in [-0.25, -0.2) is 9.97 Å². The van der Waals surface area contributed by atoms with E-state index >= 15 is 0 Å². The van der Waals surface area contributed by atoms with Gasteiger partial charge in [-0.05, 0) is 43.2 Å². The molecular formula is C15H20ClN3. The minimum absolute atomic E-state index is 0.455. The van der Waals surface area contributed by atoms with E-state index in [-0.39, 0.29) is 0 Å². The summed E-state index contributed by atoms with van der Waals surface area (Å²) in [6.45, 7) is 4.71. The fourth-order valence-corrected chi connectivity index (χ4v) is 3.29. The highest BCUT2D eigenvalue weighted by Crippen LogP contribution is 2.41. The Morgan fingerprint density at radius 3 is 2.79 bits per heavy atom. The van der Waals surface area contributed by atoms with Crippen LogP contribution in [0.5, 0.6) is 0 Å². The number of fused-ring (bicyclic) bond motifs is 1. The van der Waals surface area contributed by atoms with Crippen LogP contribution in [0.4, 0.5) is 0 Å². The Hall–Kier alpha value is -1.09. The molecule has 1 aliphatic rings. The lowest BCUT2D eigenvalue weighted by Gasteiger charge is -2.35. The zero-order valence-electron chi connectivity index (χ0n) is 11.6. The number of halogens is 1. The van der Waals surface area contributed by atoms with Crippen LogP contribution in [0.25, 0.3) is 11.2 Å². The SMILES string of the molecule is CC1(C)CCC(n2c(CCl)nc3cccnc32)CC1. The maximum Gasteiger partial charge on any atom is 0.160 e. The summed E-state index contributed by atoms with van der Waals surface area (Å²) >= 11 is 6.07. The van der Waals surface area contributed by atoms with Crippen LogP contribution in [0.1, 0.15) is 51.4 Å². The van der Waals surface area contributed by atoms with Crippen LogP contribution in [-0.2, 0) is 5.88 Å². The maximum absolute atomic E-state index is 6.07. The summed E-state index contributed by atoms with van der Waals surface area (Å²) in [7, 11) is 0. The average molecular weight is 278 g/mol. The van der Waals surface area contributed by atoms with E-state index in [2.05, 4.69) is 28.4 Å². The number of hydrogen-bond acceptors (Lipinski definition) is 2. The van der Waals surface area contributed by atoms with Crippen molar-refractivity contribution in [3.8, 4) is 0 Å². The van der Waals surface area contributed by atoms with Gasteiger partial charge >= 0.3 is 0 Å². The zero-order valence-corrected chi connectivity index (χ0v) is 12.3. The third-order valence-corrected chi connectivity index (χ3v) is 4.55. The van der Waals surface area contributed by atoms with Crippen molar-refractivity contribution in [2.45, 2.75) is 51.5 Å². The van der Waals surface area contributed by atoms with Crippen molar-refractivity contribution in [2.75, 3.05) is 0 Å². The number of pyridine rings is 1. The first-order valence-electron chi connectivity index (χ1n) is 6.98. The first-order valence-corrected chi connectivity index (χ1v) is 7.52. The largest absolute Gasteiger partial charge is 0.309 e. The Labute approximate surface area is 119 Å². The van der Waals surface area contributed by atoms with Gasteiger partial charge in [0, 0.05) is 12.2 Å². The van der Waals surface area contributed by atoms with Crippen molar-refractivity contribution in [3.63, 3.8) is 0 Å². The fraction of sp³-hybridized carbons (Fsp3) is 0.600. The minimum atomic E-state index is 0.455. The van der Waals surface area contributed by atoms with Crippen LogP contribution in [0.15, 0.2) is 18.3 Å². The molecule has 0 atom stereocenters. The van der Waals surface area contributed by atoms with Gasteiger partial charge in [0.05, 0.1) is 5.88 Å². The van der Waals surface area contributed by atoms with Crippen molar-refractivity contribution >= 4 is 22.8 Å². The van der Waals surface area contributed by atoms with Gasteiger partial charge in [0.1, 0.15) is 11.3 Å². The lowest BCUT2D eigenvalue weighted by Crippen LogP contribution is -2.24. The zero-order chi connectivity index (χ0) is 13.5. The van der Waals surface area contributed by atoms with Crippen molar-refractivity contribution < 1.29 is 0 Å². The average Bonchev–Trinajstić information content (AvgIpc) is 2.77. The summed E-state index contributed by atoms with van der Waals surface area (Å²) in [5.41, 5.74) is 2.42. The number of imidazole rings is 1. The van der Waals surface area contributed by atoms with Gasteiger partial charge in [-0.2, -0.15) is 0 Å². The molecule has 3 rings (SSSR count). The van der Waals surface area contributed by atoms with E-state index in [9.17, 15) is 0 Å². The van der Waals surface area contributed by atoms with Crippen molar-refractivity contribution in [2.24, 2.45) is 5.41 Å². The van der Waals surface area contributed by atoms with Gasteiger partial charge in [-0.15, -0.1) is 11.6 Å². The Morgan fingerprint density at radius 2 is 2.11 bits per heavy atom. The van der Waals surface area contributed by atoms with Crippen LogP contribution in [0.2, 0.25) is 0 Å². The first-order chi connectivity index (χ1) is 9.11. The molecule has 0 bridgehead atoms. The molecule has 2 aromatic rings. The predicted molar refractivity (Wildman–Crippen MR) is 78.4 cm³/mol. The molecule has 0 radical (unpaired) electrons. The normalized spacial score (nSPS) is 19.9. The molecular weight excluding hydrogens is 258 g/mol. The Balaban J connectivity index is 2.00. The van der Waals surface area contributed by atoms with E-state index in [0.29, 0.717) is 17.3 Å².